The highest BCUT2D eigenvalue weighted by molar-refractivity contribution is 4.75. The molecule has 1 nitrogen and oxygen atoms in total. The number of nitrogens with one attached hydrogen (secondary N) is 1. The SMILES string of the molecule is CC(C)CC(C)NCC1CCC(C)C1. The van der Waals surface area contributed by atoms with Gasteiger partial charge in [0, 0.05) is 6.04 Å². The van der Waals surface area contributed by atoms with Gasteiger partial charge in [-0.05, 0) is 50.5 Å². The van der Waals surface area contributed by atoms with Crippen LogP contribution in [0.5, 0.6) is 0 Å². The van der Waals surface area contributed by atoms with Gasteiger partial charge >= 0.3 is 0 Å². The van der Waals surface area contributed by atoms with E-state index in [-0.39, 0.29) is 0 Å². The van der Waals surface area contributed by atoms with Crippen LogP contribution in [-0.4, -0.2) is 12.6 Å². The lowest BCUT2D eigenvalue weighted by molar-refractivity contribution is 0.393. The molecule has 14 heavy (non-hydrogen) atoms. The second-order valence-corrected chi connectivity index (χ2v) is 5.72. The van der Waals surface area contributed by atoms with E-state index in [1.54, 1.807) is 0 Å². The Morgan fingerprint density at radius 3 is 2.43 bits per heavy atom. The van der Waals surface area contributed by atoms with Gasteiger partial charge in [0.2, 0.25) is 0 Å². The van der Waals surface area contributed by atoms with Gasteiger partial charge in [0.15, 0.2) is 0 Å². The summed E-state index contributed by atoms with van der Waals surface area (Å²) in [7, 11) is 0. The van der Waals surface area contributed by atoms with Crippen molar-refractivity contribution in [1.82, 2.24) is 5.32 Å². The molecule has 1 aliphatic rings. The molecule has 3 atom stereocenters. The largest absolute Gasteiger partial charge is 0.314 e. The van der Waals surface area contributed by atoms with Crippen molar-refractivity contribution in [3.63, 3.8) is 0 Å². The first kappa shape index (κ1) is 12.0. The van der Waals surface area contributed by atoms with Gasteiger partial charge in [-0.3, -0.25) is 0 Å². The molecule has 0 spiro atoms. The third-order valence-electron chi connectivity index (χ3n) is 3.38. The first-order valence-electron chi connectivity index (χ1n) is 6.31. The molecular formula is C13H27N. The van der Waals surface area contributed by atoms with Gasteiger partial charge in [-0.1, -0.05) is 27.2 Å². The molecule has 0 aromatic carbocycles. The number of hydrogen-bond acceptors (Lipinski definition) is 1. The summed E-state index contributed by atoms with van der Waals surface area (Å²) in [5.74, 6) is 2.75. The normalized spacial score (nSPS) is 29.8. The summed E-state index contributed by atoms with van der Waals surface area (Å²) in [5.41, 5.74) is 0. The lowest BCUT2D eigenvalue weighted by Crippen LogP contribution is -2.31. The Kier molecular flexibility index (Phi) is 4.94. The van der Waals surface area contributed by atoms with E-state index in [2.05, 4.69) is 33.0 Å². The Labute approximate surface area is 89.7 Å². The Bertz CT molecular complexity index is 153. The number of hydrogen-bond donors (Lipinski definition) is 1. The second kappa shape index (κ2) is 5.75. The number of rotatable bonds is 5. The van der Waals surface area contributed by atoms with Crippen LogP contribution in [0.15, 0.2) is 0 Å². The highest BCUT2D eigenvalue weighted by Crippen LogP contribution is 2.29. The first-order valence-corrected chi connectivity index (χ1v) is 6.31. The Hall–Kier alpha value is -0.0400. The molecule has 0 aromatic rings. The van der Waals surface area contributed by atoms with Crippen LogP contribution in [0.4, 0.5) is 0 Å². The highest BCUT2D eigenvalue weighted by Gasteiger charge is 2.21. The zero-order valence-corrected chi connectivity index (χ0v) is 10.3. The van der Waals surface area contributed by atoms with Crippen molar-refractivity contribution < 1.29 is 0 Å². The van der Waals surface area contributed by atoms with Gasteiger partial charge in [-0.2, -0.15) is 0 Å². The lowest BCUT2D eigenvalue weighted by Gasteiger charge is -2.18. The van der Waals surface area contributed by atoms with E-state index in [4.69, 9.17) is 0 Å². The van der Waals surface area contributed by atoms with Crippen LogP contribution in [0.3, 0.4) is 0 Å². The summed E-state index contributed by atoms with van der Waals surface area (Å²) < 4.78 is 0. The van der Waals surface area contributed by atoms with Crippen LogP contribution in [0, 0.1) is 17.8 Å². The molecule has 1 aliphatic carbocycles. The van der Waals surface area contributed by atoms with Crippen LogP contribution in [0.2, 0.25) is 0 Å². The van der Waals surface area contributed by atoms with E-state index in [1.807, 2.05) is 0 Å². The summed E-state index contributed by atoms with van der Waals surface area (Å²) in [4.78, 5) is 0. The van der Waals surface area contributed by atoms with Gasteiger partial charge < -0.3 is 5.32 Å². The maximum absolute atomic E-state index is 3.68. The molecular weight excluding hydrogens is 170 g/mol. The summed E-state index contributed by atoms with van der Waals surface area (Å²) >= 11 is 0. The smallest absolute Gasteiger partial charge is 0.00412 e. The van der Waals surface area contributed by atoms with Gasteiger partial charge in [0.05, 0.1) is 0 Å². The van der Waals surface area contributed by atoms with Crippen molar-refractivity contribution >= 4 is 0 Å². The maximum atomic E-state index is 3.68. The second-order valence-electron chi connectivity index (χ2n) is 5.72. The minimum Gasteiger partial charge on any atom is -0.314 e. The topological polar surface area (TPSA) is 12.0 Å². The molecule has 0 aliphatic heterocycles. The minimum absolute atomic E-state index is 0.700. The highest BCUT2D eigenvalue weighted by atomic mass is 14.9. The zero-order chi connectivity index (χ0) is 10.6. The van der Waals surface area contributed by atoms with E-state index in [1.165, 1.54) is 32.2 Å². The Morgan fingerprint density at radius 2 is 1.93 bits per heavy atom. The fraction of sp³-hybridized carbons (Fsp3) is 1.00. The molecule has 1 N–H and O–H groups in total. The molecule has 1 heteroatoms. The van der Waals surface area contributed by atoms with E-state index in [0.29, 0.717) is 6.04 Å². The van der Waals surface area contributed by atoms with E-state index in [9.17, 15) is 0 Å². The van der Waals surface area contributed by atoms with E-state index in [0.717, 1.165) is 17.8 Å². The van der Waals surface area contributed by atoms with Crippen molar-refractivity contribution in [2.45, 2.75) is 59.4 Å². The van der Waals surface area contributed by atoms with Crippen molar-refractivity contribution in [1.29, 1.82) is 0 Å². The van der Waals surface area contributed by atoms with Gasteiger partial charge in [0.25, 0.3) is 0 Å². The fourth-order valence-corrected chi connectivity index (χ4v) is 2.67. The zero-order valence-electron chi connectivity index (χ0n) is 10.3. The molecule has 0 saturated heterocycles. The lowest BCUT2D eigenvalue weighted by atomic mass is 10.0. The summed E-state index contributed by atoms with van der Waals surface area (Å²) in [6.07, 6.45) is 5.65. The third-order valence-corrected chi connectivity index (χ3v) is 3.38. The molecule has 0 radical (unpaired) electrons. The first-order chi connectivity index (χ1) is 6.58. The average Bonchev–Trinajstić information content (AvgIpc) is 2.47. The van der Waals surface area contributed by atoms with E-state index < -0.39 is 0 Å². The summed E-state index contributed by atoms with van der Waals surface area (Å²) in [5, 5.41) is 3.68. The molecule has 84 valence electrons. The molecule has 0 aromatic heterocycles. The van der Waals surface area contributed by atoms with Crippen LogP contribution < -0.4 is 5.32 Å². The molecule has 1 fully saturated rings. The van der Waals surface area contributed by atoms with Crippen molar-refractivity contribution in [3.05, 3.63) is 0 Å². The monoisotopic (exact) mass is 197 g/mol. The summed E-state index contributed by atoms with van der Waals surface area (Å²) in [6, 6.07) is 0.700. The molecule has 3 unspecified atom stereocenters. The van der Waals surface area contributed by atoms with Crippen LogP contribution >= 0.6 is 0 Å². The predicted molar refractivity (Wildman–Crippen MR) is 63.4 cm³/mol. The fourth-order valence-electron chi connectivity index (χ4n) is 2.67. The average molecular weight is 197 g/mol. The van der Waals surface area contributed by atoms with Gasteiger partial charge in [-0.25, -0.2) is 0 Å². The van der Waals surface area contributed by atoms with Crippen molar-refractivity contribution in [2.75, 3.05) is 6.54 Å². The minimum atomic E-state index is 0.700. The summed E-state index contributed by atoms with van der Waals surface area (Å²) in [6.45, 7) is 10.6. The molecule has 0 heterocycles. The van der Waals surface area contributed by atoms with Gasteiger partial charge in [-0.15, -0.1) is 0 Å². The van der Waals surface area contributed by atoms with Crippen molar-refractivity contribution in [3.8, 4) is 0 Å². The molecule has 0 amide bonds. The molecule has 1 rings (SSSR count). The van der Waals surface area contributed by atoms with Crippen LogP contribution in [0.1, 0.15) is 53.4 Å². The Morgan fingerprint density at radius 1 is 1.21 bits per heavy atom. The van der Waals surface area contributed by atoms with Crippen molar-refractivity contribution in [2.24, 2.45) is 17.8 Å². The molecule has 0 bridgehead atoms. The standard InChI is InChI=1S/C13H27N/c1-10(2)7-12(4)14-9-13-6-5-11(3)8-13/h10-14H,5-9H2,1-4H3. The van der Waals surface area contributed by atoms with Crippen LogP contribution in [0.25, 0.3) is 0 Å². The predicted octanol–water partition coefficient (Wildman–Crippen LogP) is 3.45. The molecule has 1 saturated carbocycles. The Balaban J connectivity index is 2.08. The maximum Gasteiger partial charge on any atom is 0.00412 e. The van der Waals surface area contributed by atoms with E-state index >= 15 is 0 Å². The van der Waals surface area contributed by atoms with Gasteiger partial charge in [0.1, 0.15) is 0 Å². The quantitative estimate of drug-likeness (QED) is 0.712. The van der Waals surface area contributed by atoms with Crippen LogP contribution in [-0.2, 0) is 0 Å². The third kappa shape index (κ3) is 4.45.